The minimum absolute atomic E-state index is 0.0434. The van der Waals surface area contributed by atoms with E-state index in [-0.39, 0.29) is 23.9 Å². The van der Waals surface area contributed by atoms with Gasteiger partial charge >= 0.3 is 0 Å². The van der Waals surface area contributed by atoms with E-state index in [1.54, 1.807) is 6.20 Å². The van der Waals surface area contributed by atoms with Crippen LogP contribution in [0.3, 0.4) is 0 Å². The second-order valence-corrected chi connectivity index (χ2v) is 6.18. The molecule has 5 heteroatoms. The molecule has 0 saturated carbocycles. The monoisotopic (exact) mass is 292 g/mol. The summed E-state index contributed by atoms with van der Waals surface area (Å²) >= 11 is 0. The molecular weight excluding hydrogens is 264 g/mol. The Morgan fingerprint density at radius 3 is 2.48 bits per heavy atom. The van der Waals surface area contributed by atoms with E-state index < -0.39 is 0 Å². The number of anilines is 1. The average molecular weight is 292 g/mol. The third-order valence-corrected chi connectivity index (χ3v) is 3.20. The number of carbonyl (C=O) groups is 1. The van der Waals surface area contributed by atoms with E-state index in [1.165, 1.54) is 0 Å². The summed E-state index contributed by atoms with van der Waals surface area (Å²) in [5, 5.41) is 6.32. The first-order chi connectivity index (χ1) is 9.81. The van der Waals surface area contributed by atoms with Crippen LogP contribution in [0.15, 0.2) is 18.3 Å². The minimum Gasteiger partial charge on any atom is -0.363 e. The Bertz CT molecular complexity index is 457. The lowest BCUT2D eigenvalue weighted by molar-refractivity contribution is -0.124. The third kappa shape index (κ3) is 5.71. The number of hydrogen-bond donors (Lipinski definition) is 2. The molecule has 0 aliphatic heterocycles. The lowest BCUT2D eigenvalue weighted by Crippen LogP contribution is -2.49. The zero-order valence-electron chi connectivity index (χ0n) is 14.0. The van der Waals surface area contributed by atoms with Crippen molar-refractivity contribution in [1.29, 1.82) is 0 Å². The van der Waals surface area contributed by atoms with Gasteiger partial charge in [-0.1, -0.05) is 27.7 Å². The largest absolute Gasteiger partial charge is 0.363 e. The number of aromatic nitrogens is 1. The first-order valence-electron chi connectivity index (χ1n) is 7.47. The van der Waals surface area contributed by atoms with E-state index in [0.29, 0.717) is 6.54 Å². The summed E-state index contributed by atoms with van der Waals surface area (Å²) in [6.07, 6.45) is 1.77. The highest BCUT2D eigenvalue weighted by Crippen LogP contribution is 2.10. The zero-order valence-corrected chi connectivity index (χ0v) is 14.0. The predicted octanol–water partition coefficient (Wildman–Crippen LogP) is 1.79. The fourth-order valence-electron chi connectivity index (χ4n) is 2.04. The van der Waals surface area contributed by atoms with Crippen molar-refractivity contribution in [2.24, 2.45) is 5.92 Å². The Kier molecular flexibility index (Phi) is 6.62. The first kappa shape index (κ1) is 17.4. The summed E-state index contributed by atoms with van der Waals surface area (Å²) in [7, 11) is 3.90. The van der Waals surface area contributed by atoms with Crippen LogP contribution in [0.1, 0.15) is 33.3 Å². The Morgan fingerprint density at radius 2 is 1.95 bits per heavy atom. The molecule has 21 heavy (non-hydrogen) atoms. The lowest BCUT2D eigenvalue weighted by Gasteiger charge is -2.24. The van der Waals surface area contributed by atoms with Crippen LogP contribution < -0.4 is 15.5 Å². The molecule has 2 N–H and O–H groups in total. The summed E-state index contributed by atoms with van der Waals surface area (Å²) in [5.74, 6) is 1.19. The van der Waals surface area contributed by atoms with Crippen LogP contribution in [0, 0.1) is 5.92 Å². The Labute approximate surface area is 128 Å². The van der Waals surface area contributed by atoms with Crippen molar-refractivity contribution in [3.8, 4) is 0 Å². The zero-order chi connectivity index (χ0) is 16.0. The average Bonchev–Trinajstić information content (AvgIpc) is 2.42. The van der Waals surface area contributed by atoms with Gasteiger partial charge in [0.25, 0.3) is 0 Å². The topological polar surface area (TPSA) is 57.3 Å². The Balaban J connectivity index is 2.64. The maximum Gasteiger partial charge on any atom is 0.237 e. The van der Waals surface area contributed by atoms with Crippen molar-refractivity contribution in [3.63, 3.8) is 0 Å². The van der Waals surface area contributed by atoms with Crippen LogP contribution in [0.4, 0.5) is 5.82 Å². The van der Waals surface area contributed by atoms with Gasteiger partial charge in [-0.3, -0.25) is 4.79 Å². The van der Waals surface area contributed by atoms with Crippen LogP contribution >= 0.6 is 0 Å². The number of pyridine rings is 1. The molecule has 0 aliphatic rings. The van der Waals surface area contributed by atoms with Crippen molar-refractivity contribution < 1.29 is 4.79 Å². The predicted molar refractivity (Wildman–Crippen MR) is 87.3 cm³/mol. The molecule has 1 aromatic rings. The molecule has 1 aromatic heterocycles. The second-order valence-electron chi connectivity index (χ2n) is 6.18. The Hall–Kier alpha value is -1.62. The van der Waals surface area contributed by atoms with Crippen LogP contribution in [-0.4, -0.2) is 37.1 Å². The van der Waals surface area contributed by atoms with Crippen LogP contribution in [-0.2, 0) is 11.3 Å². The lowest BCUT2D eigenvalue weighted by atomic mass is 10.0. The molecule has 0 fully saturated rings. The van der Waals surface area contributed by atoms with Gasteiger partial charge in [0.2, 0.25) is 5.91 Å². The highest BCUT2D eigenvalue weighted by Gasteiger charge is 2.22. The van der Waals surface area contributed by atoms with Crippen LogP contribution in [0.2, 0.25) is 0 Å². The van der Waals surface area contributed by atoms with E-state index in [0.717, 1.165) is 11.4 Å². The molecule has 0 bridgehead atoms. The van der Waals surface area contributed by atoms with Gasteiger partial charge in [-0.05, 0) is 23.6 Å². The maximum absolute atomic E-state index is 12.3. The molecule has 118 valence electrons. The van der Waals surface area contributed by atoms with Gasteiger partial charge in [-0.2, -0.15) is 0 Å². The van der Waals surface area contributed by atoms with Gasteiger partial charge < -0.3 is 15.5 Å². The number of carbonyl (C=O) groups excluding carboxylic acids is 1. The summed E-state index contributed by atoms with van der Waals surface area (Å²) < 4.78 is 0. The van der Waals surface area contributed by atoms with Gasteiger partial charge in [0.15, 0.2) is 0 Å². The quantitative estimate of drug-likeness (QED) is 0.804. The van der Waals surface area contributed by atoms with Crippen molar-refractivity contribution in [1.82, 2.24) is 15.6 Å². The second kappa shape index (κ2) is 7.98. The molecule has 1 amide bonds. The number of nitrogens with one attached hydrogen (secondary N) is 2. The highest BCUT2D eigenvalue weighted by atomic mass is 16.2. The van der Waals surface area contributed by atoms with Gasteiger partial charge in [0.1, 0.15) is 5.82 Å². The molecule has 0 aromatic carbocycles. The SMILES string of the molecule is CC(C)N[C@@H](C(=O)NCc1ccnc(N(C)C)c1)C(C)C. The Morgan fingerprint density at radius 1 is 1.29 bits per heavy atom. The molecule has 1 rings (SSSR count). The number of rotatable bonds is 7. The molecule has 5 nitrogen and oxygen atoms in total. The molecule has 0 radical (unpaired) electrons. The molecule has 0 saturated heterocycles. The number of hydrogen-bond acceptors (Lipinski definition) is 4. The molecule has 1 heterocycles. The van der Waals surface area contributed by atoms with Gasteiger partial charge in [0.05, 0.1) is 6.04 Å². The van der Waals surface area contributed by atoms with E-state index in [2.05, 4.69) is 43.3 Å². The fourth-order valence-corrected chi connectivity index (χ4v) is 2.04. The fraction of sp³-hybridized carbons (Fsp3) is 0.625. The molecule has 0 aliphatic carbocycles. The van der Waals surface area contributed by atoms with E-state index in [1.807, 2.05) is 31.1 Å². The molecule has 1 atom stereocenters. The molecule has 0 unspecified atom stereocenters. The van der Waals surface area contributed by atoms with E-state index in [9.17, 15) is 4.79 Å². The summed E-state index contributed by atoms with van der Waals surface area (Å²) in [6.45, 7) is 8.72. The summed E-state index contributed by atoms with van der Waals surface area (Å²) in [4.78, 5) is 18.5. The van der Waals surface area contributed by atoms with Gasteiger partial charge in [-0.15, -0.1) is 0 Å². The molecule has 0 spiro atoms. The molecular formula is C16H28N4O. The summed E-state index contributed by atoms with van der Waals surface area (Å²) in [5.41, 5.74) is 1.05. The van der Waals surface area contributed by atoms with E-state index in [4.69, 9.17) is 0 Å². The van der Waals surface area contributed by atoms with Crippen LogP contribution in [0.25, 0.3) is 0 Å². The standard InChI is InChI=1S/C16H28N4O/c1-11(2)15(19-12(3)4)16(21)18-10-13-7-8-17-14(9-13)20(5)6/h7-9,11-12,15,19H,10H2,1-6H3,(H,18,21)/t15-/m1/s1. The van der Waals surface area contributed by atoms with Crippen molar-refractivity contribution >= 4 is 11.7 Å². The highest BCUT2D eigenvalue weighted by molar-refractivity contribution is 5.82. The van der Waals surface area contributed by atoms with Crippen LogP contribution in [0.5, 0.6) is 0 Å². The van der Waals surface area contributed by atoms with Gasteiger partial charge in [0, 0.05) is 32.9 Å². The third-order valence-electron chi connectivity index (χ3n) is 3.20. The number of amides is 1. The smallest absolute Gasteiger partial charge is 0.237 e. The normalized spacial score (nSPS) is 12.6. The summed E-state index contributed by atoms with van der Waals surface area (Å²) in [6, 6.07) is 4.03. The van der Waals surface area contributed by atoms with Crippen molar-refractivity contribution in [3.05, 3.63) is 23.9 Å². The van der Waals surface area contributed by atoms with Crippen molar-refractivity contribution in [2.75, 3.05) is 19.0 Å². The van der Waals surface area contributed by atoms with E-state index >= 15 is 0 Å². The van der Waals surface area contributed by atoms with Gasteiger partial charge in [-0.25, -0.2) is 4.98 Å². The minimum atomic E-state index is -0.167. The first-order valence-corrected chi connectivity index (χ1v) is 7.47. The number of nitrogens with zero attached hydrogens (tertiary/aromatic N) is 2. The van der Waals surface area contributed by atoms with Crippen molar-refractivity contribution in [2.45, 2.75) is 46.3 Å². The maximum atomic E-state index is 12.3.